The van der Waals surface area contributed by atoms with Crippen LogP contribution in [0.15, 0.2) is 63.8 Å². The Morgan fingerprint density at radius 2 is 1.75 bits per heavy atom. The largest absolute Gasteiger partial charge is 0.508 e. The number of phenolic OH excluding ortho intramolecular Hbond substituents is 2. The average molecular weight is 376 g/mol. The second-order valence-electron chi connectivity index (χ2n) is 6.28. The molecule has 0 spiro atoms. The summed E-state index contributed by atoms with van der Waals surface area (Å²) < 4.78 is 5.61. The highest BCUT2D eigenvalue weighted by molar-refractivity contribution is 5.82. The maximum absolute atomic E-state index is 12.0. The quantitative estimate of drug-likeness (QED) is 0.432. The summed E-state index contributed by atoms with van der Waals surface area (Å²) in [5.74, 6) is -0.211. The Hall–Kier alpha value is -4.00. The van der Waals surface area contributed by atoms with Gasteiger partial charge in [-0.3, -0.25) is 4.79 Å². The van der Waals surface area contributed by atoms with Crippen molar-refractivity contribution < 1.29 is 19.7 Å². The number of aromatic hydroxyl groups is 3. The monoisotopic (exact) mass is 376 g/mol. The lowest BCUT2D eigenvalue weighted by molar-refractivity contribution is 0.429. The predicted molar refractivity (Wildman–Crippen MR) is 103 cm³/mol. The summed E-state index contributed by atoms with van der Waals surface area (Å²) in [6.07, 6.45) is 0. The molecule has 4 aromatic rings. The zero-order chi connectivity index (χ0) is 19.8. The number of aryl methyl sites for hydroxylation is 1. The minimum Gasteiger partial charge on any atom is -0.508 e. The van der Waals surface area contributed by atoms with Gasteiger partial charge in [-0.2, -0.15) is 0 Å². The van der Waals surface area contributed by atoms with Gasteiger partial charge in [-0.25, -0.2) is 4.98 Å². The Bertz CT molecular complexity index is 1230. The molecule has 140 valence electrons. The van der Waals surface area contributed by atoms with Crippen molar-refractivity contribution in [2.45, 2.75) is 6.92 Å². The first-order valence-electron chi connectivity index (χ1n) is 8.46. The van der Waals surface area contributed by atoms with E-state index < -0.39 is 11.2 Å². The fourth-order valence-electron chi connectivity index (χ4n) is 2.96. The number of nitrogens with one attached hydrogen (secondary N) is 1. The lowest BCUT2D eigenvalue weighted by atomic mass is 10.1. The van der Waals surface area contributed by atoms with Gasteiger partial charge >= 0.3 is 0 Å². The van der Waals surface area contributed by atoms with Gasteiger partial charge in [0.15, 0.2) is 5.76 Å². The van der Waals surface area contributed by atoms with Crippen molar-refractivity contribution in [2.75, 3.05) is 0 Å². The SMILES string of the molecule is Cc1cc(=O)c(O)c(-c2[nH]c(-c3ccc(O)cc3O)nc2-c2ccccc2)o1. The number of hydrogen-bond donors (Lipinski definition) is 4. The second-order valence-corrected chi connectivity index (χ2v) is 6.28. The van der Waals surface area contributed by atoms with Crippen LogP contribution in [0.3, 0.4) is 0 Å². The Kier molecular flexibility index (Phi) is 4.12. The van der Waals surface area contributed by atoms with E-state index in [9.17, 15) is 20.1 Å². The van der Waals surface area contributed by atoms with E-state index in [1.54, 1.807) is 6.92 Å². The van der Waals surface area contributed by atoms with Crippen LogP contribution in [0.5, 0.6) is 17.2 Å². The van der Waals surface area contributed by atoms with Gasteiger partial charge in [0.2, 0.25) is 11.2 Å². The number of aromatic nitrogens is 2. The molecule has 4 N–H and O–H groups in total. The molecular weight excluding hydrogens is 360 g/mol. The molecule has 4 rings (SSSR count). The van der Waals surface area contributed by atoms with Crippen LogP contribution in [-0.4, -0.2) is 25.3 Å². The maximum Gasteiger partial charge on any atom is 0.227 e. The summed E-state index contributed by atoms with van der Waals surface area (Å²) in [6, 6.07) is 14.5. The molecule has 0 unspecified atom stereocenters. The third-order valence-electron chi connectivity index (χ3n) is 4.26. The van der Waals surface area contributed by atoms with Gasteiger partial charge in [0.1, 0.15) is 34.5 Å². The van der Waals surface area contributed by atoms with E-state index >= 15 is 0 Å². The van der Waals surface area contributed by atoms with Crippen LogP contribution >= 0.6 is 0 Å². The van der Waals surface area contributed by atoms with Gasteiger partial charge in [0.05, 0.1) is 5.56 Å². The van der Waals surface area contributed by atoms with Crippen molar-refractivity contribution in [1.82, 2.24) is 9.97 Å². The number of benzene rings is 2. The number of hydrogen-bond acceptors (Lipinski definition) is 6. The highest BCUT2D eigenvalue weighted by Gasteiger charge is 2.22. The summed E-state index contributed by atoms with van der Waals surface area (Å²) in [5, 5.41) is 30.0. The Morgan fingerprint density at radius 1 is 1.00 bits per heavy atom. The fourth-order valence-corrected chi connectivity index (χ4v) is 2.96. The molecule has 0 amide bonds. The molecule has 0 radical (unpaired) electrons. The Labute approximate surface area is 159 Å². The minimum atomic E-state index is -0.568. The van der Waals surface area contributed by atoms with Crippen LogP contribution in [0, 0.1) is 6.92 Å². The van der Waals surface area contributed by atoms with E-state index in [4.69, 9.17) is 4.42 Å². The smallest absolute Gasteiger partial charge is 0.227 e. The van der Waals surface area contributed by atoms with Gasteiger partial charge < -0.3 is 24.7 Å². The zero-order valence-electron chi connectivity index (χ0n) is 14.8. The van der Waals surface area contributed by atoms with E-state index in [2.05, 4.69) is 9.97 Å². The van der Waals surface area contributed by atoms with Crippen molar-refractivity contribution in [1.29, 1.82) is 0 Å². The van der Waals surface area contributed by atoms with Crippen molar-refractivity contribution in [3.05, 3.63) is 70.6 Å². The third-order valence-corrected chi connectivity index (χ3v) is 4.26. The summed E-state index contributed by atoms with van der Waals surface area (Å²) >= 11 is 0. The van der Waals surface area contributed by atoms with Crippen molar-refractivity contribution >= 4 is 0 Å². The highest BCUT2D eigenvalue weighted by Crippen LogP contribution is 2.38. The van der Waals surface area contributed by atoms with Crippen LogP contribution in [-0.2, 0) is 0 Å². The summed E-state index contributed by atoms with van der Waals surface area (Å²) in [7, 11) is 0. The first-order chi connectivity index (χ1) is 13.4. The molecule has 7 heteroatoms. The van der Waals surface area contributed by atoms with E-state index in [0.29, 0.717) is 22.7 Å². The third kappa shape index (κ3) is 2.99. The van der Waals surface area contributed by atoms with Gasteiger partial charge in [-0.15, -0.1) is 0 Å². The number of aromatic amines is 1. The summed E-state index contributed by atoms with van der Waals surface area (Å²) in [5.41, 5.74) is 1.23. The molecule has 7 nitrogen and oxygen atoms in total. The van der Waals surface area contributed by atoms with Crippen LogP contribution in [0.25, 0.3) is 34.1 Å². The second kappa shape index (κ2) is 6.62. The molecule has 0 aliphatic rings. The summed E-state index contributed by atoms with van der Waals surface area (Å²) in [4.78, 5) is 19.6. The molecule has 2 aromatic heterocycles. The van der Waals surface area contributed by atoms with Crippen LogP contribution in [0.1, 0.15) is 5.76 Å². The van der Waals surface area contributed by atoms with Crippen molar-refractivity contribution in [3.8, 4) is 51.3 Å². The number of imidazole rings is 1. The van der Waals surface area contributed by atoms with E-state index in [1.807, 2.05) is 30.3 Å². The Balaban J connectivity index is 2.00. The molecule has 0 saturated carbocycles. The van der Waals surface area contributed by atoms with Crippen molar-refractivity contribution in [2.24, 2.45) is 0 Å². The van der Waals surface area contributed by atoms with E-state index in [1.165, 1.54) is 24.3 Å². The summed E-state index contributed by atoms with van der Waals surface area (Å²) in [6.45, 7) is 1.61. The van der Waals surface area contributed by atoms with Crippen LogP contribution in [0.2, 0.25) is 0 Å². The standard InChI is InChI=1S/C21H16N2O5/c1-11-9-16(26)19(27)20(28-11)18-17(12-5-3-2-4-6-12)22-21(23-18)14-8-7-13(24)10-15(14)25/h2-10,24-25,27H,1H3,(H,22,23). The topological polar surface area (TPSA) is 120 Å². The van der Waals surface area contributed by atoms with Gasteiger partial charge in [0, 0.05) is 17.7 Å². The number of H-pyrrole nitrogens is 1. The molecule has 2 heterocycles. The Morgan fingerprint density at radius 3 is 2.46 bits per heavy atom. The normalized spacial score (nSPS) is 10.9. The molecular formula is C21H16N2O5. The average Bonchev–Trinajstić information content (AvgIpc) is 3.10. The zero-order valence-corrected chi connectivity index (χ0v) is 14.8. The molecule has 0 saturated heterocycles. The first-order valence-corrected chi connectivity index (χ1v) is 8.46. The van der Waals surface area contributed by atoms with E-state index in [0.717, 1.165) is 5.56 Å². The lowest BCUT2D eigenvalue weighted by Gasteiger charge is -2.05. The molecule has 2 aromatic carbocycles. The molecule has 28 heavy (non-hydrogen) atoms. The lowest BCUT2D eigenvalue weighted by Crippen LogP contribution is -2.01. The molecule has 0 fully saturated rings. The minimum absolute atomic E-state index is 0.0409. The first kappa shape index (κ1) is 17.4. The molecule has 0 aliphatic carbocycles. The van der Waals surface area contributed by atoms with Crippen molar-refractivity contribution in [3.63, 3.8) is 0 Å². The fraction of sp³-hybridized carbons (Fsp3) is 0.0476. The maximum atomic E-state index is 12.0. The number of nitrogens with zero attached hydrogens (tertiary/aromatic N) is 1. The van der Waals surface area contributed by atoms with Gasteiger partial charge in [-0.1, -0.05) is 30.3 Å². The molecule has 0 atom stereocenters. The van der Waals surface area contributed by atoms with Crippen LogP contribution in [0.4, 0.5) is 0 Å². The van der Waals surface area contributed by atoms with E-state index in [-0.39, 0.29) is 23.1 Å². The highest BCUT2D eigenvalue weighted by atomic mass is 16.4. The number of phenols is 2. The molecule has 0 bridgehead atoms. The number of rotatable bonds is 3. The van der Waals surface area contributed by atoms with Crippen LogP contribution < -0.4 is 5.43 Å². The van der Waals surface area contributed by atoms with Gasteiger partial charge in [-0.05, 0) is 19.1 Å². The predicted octanol–water partition coefficient (Wildman–Crippen LogP) is 3.79. The van der Waals surface area contributed by atoms with Gasteiger partial charge in [0.25, 0.3) is 0 Å². The molecule has 0 aliphatic heterocycles.